The van der Waals surface area contributed by atoms with Crippen LogP contribution >= 0.6 is 0 Å². The van der Waals surface area contributed by atoms with Crippen molar-refractivity contribution in [1.29, 1.82) is 0 Å². The SMILES string of the molecule is CC(=O)N1CCC[C@]1(Cc1cc(-c2ccccc2)no1)C(=O)NCCN1CCOCC1. The molecule has 8 heteroatoms. The molecule has 1 N–H and O–H groups in total. The first-order chi connectivity index (χ1) is 15.1. The molecule has 0 radical (unpaired) electrons. The molecule has 8 nitrogen and oxygen atoms in total. The average Bonchev–Trinajstić information content (AvgIpc) is 3.43. The van der Waals surface area contributed by atoms with E-state index < -0.39 is 5.54 Å². The molecule has 0 spiro atoms. The lowest BCUT2D eigenvalue weighted by molar-refractivity contribution is -0.144. The Morgan fingerprint density at radius 3 is 2.68 bits per heavy atom. The highest BCUT2D eigenvalue weighted by molar-refractivity contribution is 5.91. The Bertz CT molecular complexity index is 894. The molecule has 3 heterocycles. The third kappa shape index (κ3) is 4.80. The van der Waals surface area contributed by atoms with Gasteiger partial charge >= 0.3 is 0 Å². The fraction of sp³-hybridized carbons (Fsp3) is 0.522. The molecule has 2 aliphatic rings. The Morgan fingerprint density at radius 1 is 1.16 bits per heavy atom. The molecular formula is C23H30N4O4. The Labute approximate surface area is 182 Å². The number of amides is 2. The van der Waals surface area contributed by atoms with E-state index in [2.05, 4.69) is 15.4 Å². The van der Waals surface area contributed by atoms with Crippen molar-refractivity contribution in [3.63, 3.8) is 0 Å². The summed E-state index contributed by atoms with van der Waals surface area (Å²) in [6, 6.07) is 11.6. The molecule has 1 atom stereocenters. The van der Waals surface area contributed by atoms with Gasteiger partial charge in [0.15, 0.2) is 0 Å². The number of hydrogen-bond donors (Lipinski definition) is 1. The maximum atomic E-state index is 13.4. The second-order valence-electron chi connectivity index (χ2n) is 8.24. The van der Waals surface area contributed by atoms with Crippen molar-refractivity contribution < 1.29 is 18.8 Å². The van der Waals surface area contributed by atoms with Crippen molar-refractivity contribution >= 4 is 11.8 Å². The molecule has 0 saturated carbocycles. The van der Waals surface area contributed by atoms with Gasteiger partial charge in [0.25, 0.3) is 0 Å². The van der Waals surface area contributed by atoms with E-state index in [1.165, 1.54) is 6.92 Å². The third-order valence-electron chi connectivity index (χ3n) is 6.20. The van der Waals surface area contributed by atoms with Crippen LogP contribution in [-0.4, -0.2) is 78.2 Å². The van der Waals surface area contributed by atoms with Crippen molar-refractivity contribution in [2.75, 3.05) is 45.9 Å². The van der Waals surface area contributed by atoms with E-state index in [9.17, 15) is 9.59 Å². The number of rotatable bonds is 7. The zero-order valence-electron chi connectivity index (χ0n) is 18.0. The van der Waals surface area contributed by atoms with E-state index in [1.54, 1.807) is 4.90 Å². The van der Waals surface area contributed by atoms with E-state index in [0.717, 1.165) is 50.5 Å². The number of carbonyl (C=O) groups is 2. The number of likely N-dealkylation sites (tertiary alicyclic amines) is 1. The maximum absolute atomic E-state index is 13.4. The molecule has 1 aromatic heterocycles. The van der Waals surface area contributed by atoms with E-state index in [4.69, 9.17) is 9.26 Å². The maximum Gasteiger partial charge on any atom is 0.246 e. The number of carbonyl (C=O) groups excluding carboxylic acids is 2. The first kappa shape index (κ1) is 21.5. The van der Waals surface area contributed by atoms with Crippen LogP contribution in [-0.2, 0) is 20.7 Å². The molecular weight excluding hydrogens is 396 g/mol. The van der Waals surface area contributed by atoms with Crippen molar-refractivity contribution in [2.24, 2.45) is 0 Å². The Hall–Kier alpha value is -2.71. The molecule has 2 fully saturated rings. The minimum absolute atomic E-state index is 0.0939. The fourth-order valence-electron chi connectivity index (χ4n) is 4.58. The molecule has 0 unspecified atom stereocenters. The largest absolute Gasteiger partial charge is 0.379 e. The predicted octanol–water partition coefficient (Wildman–Crippen LogP) is 1.71. The summed E-state index contributed by atoms with van der Waals surface area (Å²) in [6.07, 6.45) is 1.71. The zero-order chi connectivity index (χ0) is 21.7. The van der Waals surface area contributed by atoms with Gasteiger partial charge in [-0.2, -0.15) is 0 Å². The summed E-state index contributed by atoms with van der Waals surface area (Å²) in [5.41, 5.74) is 0.742. The van der Waals surface area contributed by atoms with Gasteiger partial charge in [-0.05, 0) is 12.8 Å². The second kappa shape index (κ2) is 9.62. The quantitative estimate of drug-likeness (QED) is 0.725. The summed E-state index contributed by atoms with van der Waals surface area (Å²) in [4.78, 5) is 29.7. The molecule has 2 amide bonds. The van der Waals surface area contributed by atoms with E-state index >= 15 is 0 Å². The second-order valence-corrected chi connectivity index (χ2v) is 8.24. The van der Waals surface area contributed by atoms with Crippen molar-refractivity contribution in [3.05, 3.63) is 42.2 Å². The molecule has 1 aromatic carbocycles. The van der Waals surface area contributed by atoms with E-state index in [1.807, 2.05) is 36.4 Å². The van der Waals surface area contributed by atoms with Gasteiger partial charge in [-0.15, -0.1) is 0 Å². The number of nitrogens with zero attached hydrogens (tertiary/aromatic N) is 3. The third-order valence-corrected chi connectivity index (χ3v) is 6.20. The van der Waals surface area contributed by atoms with Crippen LogP contribution in [0.5, 0.6) is 0 Å². The van der Waals surface area contributed by atoms with Crippen molar-refractivity contribution in [2.45, 2.75) is 31.7 Å². The fourth-order valence-corrected chi connectivity index (χ4v) is 4.58. The lowest BCUT2D eigenvalue weighted by atomic mass is 9.89. The molecule has 166 valence electrons. The van der Waals surface area contributed by atoms with Crippen LogP contribution in [0.2, 0.25) is 0 Å². The van der Waals surface area contributed by atoms with Crippen LogP contribution in [0.15, 0.2) is 40.9 Å². The smallest absolute Gasteiger partial charge is 0.246 e. The zero-order valence-corrected chi connectivity index (χ0v) is 18.0. The van der Waals surface area contributed by atoms with Gasteiger partial charge < -0.3 is 19.5 Å². The molecule has 2 aliphatic heterocycles. The van der Waals surface area contributed by atoms with Crippen LogP contribution in [0, 0.1) is 0 Å². The minimum atomic E-state index is -0.940. The Morgan fingerprint density at radius 2 is 1.94 bits per heavy atom. The Kier molecular flexibility index (Phi) is 6.67. The van der Waals surface area contributed by atoms with Gasteiger partial charge in [-0.1, -0.05) is 35.5 Å². The van der Waals surface area contributed by atoms with Gasteiger partial charge in [0.1, 0.15) is 17.0 Å². The number of aromatic nitrogens is 1. The lowest BCUT2D eigenvalue weighted by Crippen LogP contribution is -2.59. The highest BCUT2D eigenvalue weighted by Gasteiger charge is 2.49. The summed E-state index contributed by atoms with van der Waals surface area (Å²) < 4.78 is 11.0. The number of morpholine rings is 1. The van der Waals surface area contributed by atoms with Crippen LogP contribution in [0.25, 0.3) is 11.3 Å². The van der Waals surface area contributed by atoms with Gasteiger partial charge in [0.05, 0.1) is 13.2 Å². The first-order valence-electron chi connectivity index (χ1n) is 11.0. The first-order valence-corrected chi connectivity index (χ1v) is 11.0. The minimum Gasteiger partial charge on any atom is -0.379 e. The standard InChI is InChI=1S/C23H30N4O4/c1-18(28)27-10-5-8-23(27,22(29)24-9-11-26-12-14-30-15-13-26)17-20-16-21(25-31-20)19-6-3-2-4-7-19/h2-4,6-7,16H,5,8-15,17H2,1H3,(H,24,29)/t23-/m0/s1. The molecule has 31 heavy (non-hydrogen) atoms. The van der Waals surface area contributed by atoms with Crippen molar-refractivity contribution in [3.8, 4) is 11.3 Å². The number of ether oxygens (including phenoxy) is 1. The summed E-state index contributed by atoms with van der Waals surface area (Å²) in [7, 11) is 0. The highest BCUT2D eigenvalue weighted by Crippen LogP contribution is 2.34. The molecule has 0 aliphatic carbocycles. The van der Waals surface area contributed by atoms with Crippen molar-refractivity contribution in [1.82, 2.24) is 20.3 Å². The van der Waals surface area contributed by atoms with E-state index in [-0.39, 0.29) is 11.8 Å². The van der Waals surface area contributed by atoms with Crippen LogP contribution in [0.3, 0.4) is 0 Å². The summed E-state index contributed by atoms with van der Waals surface area (Å²) in [5, 5.41) is 7.26. The monoisotopic (exact) mass is 426 g/mol. The van der Waals surface area contributed by atoms with Gasteiger partial charge in [0, 0.05) is 57.7 Å². The topological polar surface area (TPSA) is 87.9 Å². The van der Waals surface area contributed by atoms with E-state index in [0.29, 0.717) is 31.7 Å². The molecule has 2 aromatic rings. The summed E-state index contributed by atoms with van der Waals surface area (Å²) >= 11 is 0. The number of hydrogen-bond acceptors (Lipinski definition) is 6. The Balaban J connectivity index is 1.48. The molecule has 2 saturated heterocycles. The normalized spacial score (nSPS) is 21.9. The highest BCUT2D eigenvalue weighted by atomic mass is 16.5. The van der Waals surface area contributed by atoms with Gasteiger partial charge in [-0.25, -0.2) is 0 Å². The molecule has 0 bridgehead atoms. The number of benzene rings is 1. The van der Waals surface area contributed by atoms with Gasteiger partial charge in [-0.3, -0.25) is 14.5 Å². The van der Waals surface area contributed by atoms with Crippen LogP contribution < -0.4 is 5.32 Å². The summed E-state index contributed by atoms with van der Waals surface area (Å²) in [5.74, 6) is 0.394. The predicted molar refractivity (Wildman–Crippen MR) is 115 cm³/mol. The number of nitrogens with one attached hydrogen (secondary N) is 1. The van der Waals surface area contributed by atoms with Crippen LogP contribution in [0.1, 0.15) is 25.5 Å². The van der Waals surface area contributed by atoms with Gasteiger partial charge in [0.2, 0.25) is 11.8 Å². The summed E-state index contributed by atoms with van der Waals surface area (Å²) in [6.45, 7) is 6.62. The lowest BCUT2D eigenvalue weighted by Gasteiger charge is -2.36. The molecule has 4 rings (SSSR count). The van der Waals surface area contributed by atoms with Crippen LogP contribution in [0.4, 0.5) is 0 Å². The average molecular weight is 427 g/mol.